The Hall–Kier alpha value is -2.61. The average molecular weight is 453 g/mol. The molecule has 3 rings (SSSR count). The third-order valence-electron chi connectivity index (χ3n) is 4.45. The normalized spacial score (nSPS) is 11.6. The van der Waals surface area contributed by atoms with E-state index in [0.717, 1.165) is 17.3 Å². The summed E-state index contributed by atoms with van der Waals surface area (Å²) in [6.45, 7) is 3.64. The van der Waals surface area contributed by atoms with E-state index >= 15 is 0 Å². The fourth-order valence-corrected chi connectivity index (χ4v) is 3.27. The number of hydrogen-bond donors (Lipinski definition) is 1. The molecule has 0 bridgehead atoms. The summed E-state index contributed by atoms with van der Waals surface area (Å²) in [7, 11) is 0. The van der Waals surface area contributed by atoms with E-state index in [2.05, 4.69) is 21.2 Å². The third-order valence-corrected chi connectivity index (χ3v) is 4.94. The van der Waals surface area contributed by atoms with Gasteiger partial charge in [-0.15, -0.1) is 0 Å². The molecular formula is C20H16BrF3N2O2. The van der Waals surface area contributed by atoms with Crippen molar-refractivity contribution in [3.8, 4) is 0 Å². The van der Waals surface area contributed by atoms with Crippen LogP contribution in [-0.4, -0.2) is 22.4 Å². The predicted octanol–water partition coefficient (Wildman–Crippen LogP) is 5.40. The Labute approximate surface area is 167 Å². The van der Waals surface area contributed by atoms with Crippen molar-refractivity contribution >= 4 is 44.2 Å². The highest BCUT2D eigenvalue weighted by Gasteiger charge is 2.40. The van der Waals surface area contributed by atoms with Crippen molar-refractivity contribution in [2.24, 2.45) is 0 Å². The SMILES string of the molecule is Cc1ccc(NC(=O)Cn2cc(C(=O)C(F)(F)F)c3cc(Br)ccc32)cc1C. The molecule has 146 valence electrons. The fourth-order valence-electron chi connectivity index (χ4n) is 2.91. The van der Waals surface area contributed by atoms with Crippen molar-refractivity contribution in [2.45, 2.75) is 26.6 Å². The second kappa shape index (κ2) is 7.43. The van der Waals surface area contributed by atoms with Crippen LogP contribution in [0.5, 0.6) is 0 Å². The molecule has 0 radical (unpaired) electrons. The molecule has 1 aromatic heterocycles. The van der Waals surface area contributed by atoms with Gasteiger partial charge in [0.25, 0.3) is 5.78 Å². The summed E-state index contributed by atoms with van der Waals surface area (Å²) in [5.74, 6) is -2.35. The number of fused-ring (bicyclic) bond motifs is 1. The summed E-state index contributed by atoms with van der Waals surface area (Å²) in [6, 6.07) is 10.1. The number of amides is 1. The first kappa shape index (κ1) is 20.1. The molecule has 0 aliphatic heterocycles. The molecule has 0 unspecified atom stereocenters. The zero-order valence-corrected chi connectivity index (χ0v) is 16.6. The lowest BCUT2D eigenvalue weighted by Crippen LogP contribution is -2.22. The van der Waals surface area contributed by atoms with Gasteiger partial charge in [0.1, 0.15) is 6.54 Å². The van der Waals surface area contributed by atoms with Crippen LogP contribution >= 0.6 is 15.9 Å². The number of carbonyl (C=O) groups is 2. The second-order valence-electron chi connectivity index (χ2n) is 6.51. The molecule has 3 aromatic rings. The first-order chi connectivity index (χ1) is 13.1. The highest BCUT2D eigenvalue weighted by molar-refractivity contribution is 9.10. The number of rotatable bonds is 4. The van der Waals surface area contributed by atoms with Crippen LogP contribution in [0.3, 0.4) is 0 Å². The highest BCUT2D eigenvalue weighted by atomic mass is 79.9. The Morgan fingerprint density at radius 1 is 1.07 bits per heavy atom. The molecule has 1 heterocycles. The fraction of sp³-hybridized carbons (Fsp3) is 0.200. The summed E-state index contributed by atoms with van der Waals surface area (Å²) in [5.41, 5.74) is 2.56. The average Bonchev–Trinajstić information content (AvgIpc) is 2.94. The molecule has 8 heteroatoms. The van der Waals surface area contributed by atoms with Gasteiger partial charge in [-0.25, -0.2) is 0 Å². The van der Waals surface area contributed by atoms with E-state index < -0.39 is 23.4 Å². The molecule has 2 aromatic carbocycles. The summed E-state index contributed by atoms with van der Waals surface area (Å²) in [4.78, 5) is 24.2. The molecule has 0 aliphatic rings. The highest BCUT2D eigenvalue weighted by Crippen LogP contribution is 2.30. The van der Waals surface area contributed by atoms with Gasteiger partial charge in [0.2, 0.25) is 5.91 Å². The van der Waals surface area contributed by atoms with Gasteiger partial charge in [-0.05, 0) is 55.3 Å². The number of ketones is 1. The lowest BCUT2D eigenvalue weighted by Gasteiger charge is -2.09. The Morgan fingerprint density at radius 2 is 1.79 bits per heavy atom. The van der Waals surface area contributed by atoms with E-state index in [1.807, 2.05) is 26.0 Å². The molecule has 28 heavy (non-hydrogen) atoms. The molecule has 4 nitrogen and oxygen atoms in total. The van der Waals surface area contributed by atoms with Crippen LogP contribution in [0.15, 0.2) is 47.1 Å². The van der Waals surface area contributed by atoms with Crippen molar-refractivity contribution in [2.75, 3.05) is 5.32 Å². The van der Waals surface area contributed by atoms with Crippen LogP contribution in [-0.2, 0) is 11.3 Å². The van der Waals surface area contributed by atoms with Gasteiger partial charge in [0, 0.05) is 27.3 Å². The molecular weight excluding hydrogens is 437 g/mol. The van der Waals surface area contributed by atoms with Crippen LogP contribution in [0.4, 0.5) is 18.9 Å². The number of nitrogens with zero attached hydrogens (tertiary/aromatic N) is 1. The van der Waals surface area contributed by atoms with Crippen LogP contribution < -0.4 is 5.32 Å². The van der Waals surface area contributed by atoms with Crippen LogP contribution in [0.2, 0.25) is 0 Å². The van der Waals surface area contributed by atoms with Gasteiger partial charge >= 0.3 is 6.18 Å². The van der Waals surface area contributed by atoms with Crippen molar-refractivity contribution in [1.82, 2.24) is 4.57 Å². The van der Waals surface area contributed by atoms with Gasteiger partial charge < -0.3 is 9.88 Å². The number of hydrogen-bond acceptors (Lipinski definition) is 2. The Bertz CT molecular complexity index is 1090. The number of alkyl halides is 3. The van der Waals surface area contributed by atoms with E-state index in [1.54, 1.807) is 18.2 Å². The van der Waals surface area contributed by atoms with Crippen LogP contribution in [0, 0.1) is 13.8 Å². The van der Waals surface area contributed by atoms with Crippen LogP contribution in [0.1, 0.15) is 21.5 Å². The topological polar surface area (TPSA) is 51.1 Å². The van der Waals surface area contributed by atoms with Crippen molar-refractivity contribution < 1.29 is 22.8 Å². The number of aryl methyl sites for hydroxylation is 2. The molecule has 0 saturated heterocycles. The van der Waals surface area contributed by atoms with E-state index in [9.17, 15) is 22.8 Å². The number of aromatic nitrogens is 1. The molecule has 0 fully saturated rings. The number of benzene rings is 2. The minimum absolute atomic E-state index is 0.135. The standard InChI is InChI=1S/C20H16BrF3N2O2/c1-11-3-5-14(7-12(11)2)25-18(27)10-26-9-16(19(28)20(22,23)24)15-8-13(21)4-6-17(15)26/h3-9H,10H2,1-2H3,(H,25,27). The largest absolute Gasteiger partial charge is 0.454 e. The van der Waals surface area contributed by atoms with E-state index in [4.69, 9.17) is 0 Å². The number of halogens is 4. The van der Waals surface area contributed by atoms with Crippen molar-refractivity contribution in [3.05, 3.63) is 63.8 Å². The minimum Gasteiger partial charge on any atom is -0.337 e. The molecule has 0 saturated carbocycles. The number of carbonyl (C=O) groups excluding carboxylic acids is 2. The first-order valence-corrected chi connectivity index (χ1v) is 9.12. The molecule has 0 atom stereocenters. The first-order valence-electron chi connectivity index (χ1n) is 8.33. The van der Waals surface area contributed by atoms with Gasteiger partial charge in [-0.3, -0.25) is 9.59 Å². The summed E-state index contributed by atoms with van der Waals surface area (Å²) >= 11 is 3.20. The van der Waals surface area contributed by atoms with E-state index in [0.29, 0.717) is 15.7 Å². The number of anilines is 1. The van der Waals surface area contributed by atoms with Crippen molar-refractivity contribution in [1.29, 1.82) is 0 Å². The lowest BCUT2D eigenvalue weighted by molar-refractivity contribution is -0.116. The molecule has 1 N–H and O–H groups in total. The zero-order chi connectivity index (χ0) is 20.6. The number of Topliss-reactive ketones (excluding diaryl/α,β-unsaturated/α-hetero) is 1. The maximum absolute atomic E-state index is 12.9. The van der Waals surface area contributed by atoms with Crippen molar-refractivity contribution in [3.63, 3.8) is 0 Å². The Balaban J connectivity index is 1.93. The van der Waals surface area contributed by atoms with Gasteiger partial charge in [-0.2, -0.15) is 13.2 Å². The maximum atomic E-state index is 12.9. The zero-order valence-electron chi connectivity index (χ0n) is 15.0. The monoisotopic (exact) mass is 452 g/mol. The van der Waals surface area contributed by atoms with Gasteiger partial charge in [-0.1, -0.05) is 22.0 Å². The van der Waals surface area contributed by atoms with E-state index in [1.165, 1.54) is 10.6 Å². The number of nitrogens with one attached hydrogen (secondary N) is 1. The summed E-state index contributed by atoms with van der Waals surface area (Å²) in [5, 5.41) is 2.86. The van der Waals surface area contributed by atoms with Gasteiger partial charge in [0.15, 0.2) is 0 Å². The second-order valence-corrected chi connectivity index (χ2v) is 7.42. The van der Waals surface area contributed by atoms with E-state index in [-0.39, 0.29) is 11.9 Å². The summed E-state index contributed by atoms with van der Waals surface area (Å²) < 4.78 is 40.7. The maximum Gasteiger partial charge on any atom is 0.454 e. The quantitative estimate of drug-likeness (QED) is 0.538. The predicted molar refractivity (Wildman–Crippen MR) is 105 cm³/mol. The molecule has 0 aliphatic carbocycles. The Morgan fingerprint density at radius 3 is 2.43 bits per heavy atom. The molecule has 1 amide bonds. The minimum atomic E-state index is -5.00. The smallest absolute Gasteiger partial charge is 0.337 e. The Kier molecular flexibility index (Phi) is 5.34. The molecule has 0 spiro atoms. The van der Waals surface area contributed by atoms with Gasteiger partial charge in [0.05, 0.1) is 5.56 Å². The third kappa shape index (κ3) is 4.11. The summed E-state index contributed by atoms with van der Waals surface area (Å²) in [6.07, 6.45) is -3.92. The lowest BCUT2D eigenvalue weighted by atomic mass is 10.1. The van der Waals surface area contributed by atoms with Crippen LogP contribution in [0.25, 0.3) is 10.9 Å².